The van der Waals surface area contributed by atoms with Crippen LogP contribution in [0.1, 0.15) is 11.1 Å². The highest BCUT2D eigenvalue weighted by molar-refractivity contribution is 6.03. The van der Waals surface area contributed by atoms with Crippen LogP contribution in [0, 0.1) is 0 Å². The molecule has 2 aromatic carbocycles. The predicted octanol–water partition coefficient (Wildman–Crippen LogP) is 3.12. The van der Waals surface area contributed by atoms with Gasteiger partial charge in [0.15, 0.2) is 0 Å². The average molecular weight is 271 g/mol. The fourth-order valence-electron chi connectivity index (χ4n) is 2.10. The average Bonchev–Trinajstić information content (AvgIpc) is 2.53. The second-order valence-corrected chi connectivity index (χ2v) is 4.24. The molecule has 0 aliphatic rings. The number of benzene rings is 2. The van der Waals surface area contributed by atoms with E-state index in [0.717, 1.165) is 16.9 Å². The van der Waals surface area contributed by atoms with Crippen molar-refractivity contribution in [2.24, 2.45) is 5.16 Å². The second-order valence-electron chi connectivity index (χ2n) is 4.24. The minimum atomic E-state index is 0.459. The van der Waals surface area contributed by atoms with Crippen LogP contribution in [0.25, 0.3) is 0 Å². The van der Waals surface area contributed by atoms with Crippen LogP contribution in [-0.4, -0.2) is 25.1 Å². The quantitative estimate of drug-likeness (QED) is 0.516. The molecule has 0 spiro atoms. The summed E-state index contributed by atoms with van der Waals surface area (Å²) in [4.78, 5) is 0. The Labute approximate surface area is 118 Å². The monoisotopic (exact) mass is 271 g/mol. The highest BCUT2D eigenvalue weighted by Crippen LogP contribution is 2.23. The third-order valence-electron chi connectivity index (χ3n) is 3.09. The van der Waals surface area contributed by atoms with E-state index in [2.05, 4.69) is 5.16 Å². The highest BCUT2D eigenvalue weighted by Gasteiger charge is 2.13. The zero-order valence-corrected chi connectivity index (χ0v) is 11.5. The fraction of sp³-hybridized carbons (Fsp3) is 0.188. The smallest absolute Gasteiger partial charge is 0.128 e. The molecule has 0 saturated carbocycles. The molecule has 0 radical (unpaired) electrons. The van der Waals surface area contributed by atoms with Crippen molar-refractivity contribution in [3.63, 3.8) is 0 Å². The van der Waals surface area contributed by atoms with Gasteiger partial charge in [-0.3, -0.25) is 0 Å². The molecule has 4 nitrogen and oxygen atoms in total. The first kappa shape index (κ1) is 13.9. The number of hydrogen-bond acceptors (Lipinski definition) is 4. The maximum atomic E-state index is 9.32. The van der Waals surface area contributed by atoms with Gasteiger partial charge in [0.05, 0.1) is 19.9 Å². The molecule has 20 heavy (non-hydrogen) atoms. The summed E-state index contributed by atoms with van der Waals surface area (Å²) >= 11 is 0. The lowest BCUT2D eigenvalue weighted by Gasteiger charge is -2.12. The van der Waals surface area contributed by atoms with Gasteiger partial charge in [-0.05, 0) is 18.2 Å². The maximum Gasteiger partial charge on any atom is 0.128 e. The molecule has 0 unspecified atom stereocenters. The van der Waals surface area contributed by atoms with Gasteiger partial charge in [0.1, 0.15) is 11.5 Å². The van der Waals surface area contributed by atoms with Crippen LogP contribution in [0.15, 0.2) is 53.7 Å². The zero-order valence-electron chi connectivity index (χ0n) is 11.5. The van der Waals surface area contributed by atoms with E-state index < -0.39 is 0 Å². The minimum Gasteiger partial charge on any atom is -0.496 e. The summed E-state index contributed by atoms with van der Waals surface area (Å²) in [6.45, 7) is 0. The Balaban J connectivity index is 2.35. The van der Waals surface area contributed by atoms with Crippen molar-refractivity contribution in [3.8, 4) is 11.5 Å². The summed E-state index contributed by atoms with van der Waals surface area (Å²) in [7, 11) is 3.22. The van der Waals surface area contributed by atoms with Crippen LogP contribution in [0.3, 0.4) is 0 Å². The van der Waals surface area contributed by atoms with E-state index in [1.165, 1.54) is 0 Å². The number of ether oxygens (including phenoxy) is 2. The third-order valence-corrected chi connectivity index (χ3v) is 3.09. The first-order valence-corrected chi connectivity index (χ1v) is 6.26. The van der Waals surface area contributed by atoms with Gasteiger partial charge in [0, 0.05) is 17.5 Å². The van der Waals surface area contributed by atoms with E-state index in [-0.39, 0.29) is 0 Å². The summed E-state index contributed by atoms with van der Waals surface area (Å²) in [6, 6.07) is 15.1. The van der Waals surface area contributed by atoms with Crippen molar-refractivity contribution in [2.75, 3.05) is 14.2 Å². The van der Waals surface area contributed by atoms with Crippen LogP contribution < -0.4 is 9.47 Å². The van der Waals surface area contributed by atoms with Crippen molar-refractivity contribution in [2.45, 2.75) is 6.42 Å². The molecule has 0 aliphatic heterocycles. The molecule has 0 aromatic heterocycles. The van der Waals surface area contributed by atoms with Crippen LogP contribution >= 0.6 is 0 Å². The number of para-hydroxylation sites is 2. The molecule has 0 aliphatic carbocycles. The lowest BCUT2D eigenvalue weighted by molar-refractivity contribution is 0.318. The van der Waals surface area contributed by atoms with E-state index in [1.54, 1.807) is 14.2 Å². The Hall–Kier alpha value is -2.49. The van der Waals surface area contributed by atoms with Gasteiger partial charge < -0.3 is 14.7 Å². The Morgan fingerprint density at radius 3 is 2.20 bits per heavy atom. The van der Waals surface area contributed by atoms with Gasteiger partial charge in [-0.25, -0.2) is 0 Å². The molecule has 0 bridgehead atoms. The van der Waals surface area contributed by atoms with Gasteiger partial charge in [-0.2, -0.15) is 0 Å². The number of oxime groups is 1. The molecular formula is C16H17NO3. The standard InChI is InChI=1S/C16H17NO3/c1-19-15-9-5-3-7-12(15)11-14(17-18)13-8-4-6-10-16(13)20-2/h3-10,18H,11H2,1-2H3. The summed E-state index contributed by atoms with van der Waals surface area (Å²) in [5.74, 6) is 1.44. The van der Waals surface area contributed by atoms with Crippen molar-refractivity contribution in [3.05, 3.63) is 59.7 Å². The number of nitrogens with zero attached hydrogens (tertiary/aromatic N) is 1. The lowest BCUT2D eigenvalue weighted by Crippen LogP contribution is -2.08. The van der Waals surface area contributed by atoms with Crippen LogP contribution in [0.2, 0.25) is 0 Å². The van der Waals surface area contributed by atoms with Crippen molar-refractivity contribution in [1.29, 1.82) is 0 Å². The van der Waals surface area contributed by atoms with Crippen LogP contribution in [0.5, 0.6) is 11.5 Å². The number of rotatable bonds is 5. The van der Waals surface area contributed by atoms with Gasteiger partial charge in [0.25, 0.3) is 0 Å². The molecule has 2 aromatic rings. The van der Waals surface area contributed by atoms with E-state index in [1.807, 2.05) is 48.5 Å². The Kier molecular flexibility index (Phi) is 4.60. The summed E-state index contributed by atoms with van der Waals surface area (Å²) in [6.07, 6.45) is 0.459. The van der Waals surface area contributed by atoms with E-state index in [9.17, 15) is 5.21 Å². The molecule has 4 heteroatoms. The topological polar surface area (TPSA) is 51.0 Å². The number of methoxy groups -OCH3 is 2. The molecule has 0 heterocycles. The summed E-state index contributed by atoms with van der Waals surface area (Å²) in [5, 5.41) is 12.7. The van der Waals surface area contributed by atoms with Crippen molar-refractivity contribution < 1.29 is 14.7 Å². The molecule has 0 amide bonds. The molecule has 0 atom stereocenters. The van der Waals surface area contributed by atoms with Gasteiger partial charge >= 0.3 is 0 Å². The molecule has 1 N–H and O–H groups in total. The largest absolute Gasteiger partial charge is 0.496 e. The van der Waals surface area contributed by atoms with E-state index >= 15 is 0 Å². The maximum absolute atomic E-state index is 9.32. The SMILES string of the molecule is COc1ccccc1CC(=NO)c1ccccc1OC. The zero-order chi connectivity index (χ0) is 14.4. The summed E-state index contributed by atoms with van der Waals surface area (Å²) in [5.41, 5.74) is 2.25. The molecule has 2 rings (SSSR count). The highest BCUT2D eigenvalue weighted by atomic mass is 16.5. The summed E-state index contributed by atoms with van der Waals surface area (Å²) < 4.78 is 10.6. The number of hydrogen-bond donors (Lipinski definition) is 1. The third kappa shape index (κ3) is 2.91. The lowest BCUT2D eigenvalue weighted by atomic mass is 10.0. The Bertz CT molecular complexity index is 608. The first-order valence-electron chi connectivity index (χ1n) is 6.26. The normalized spacial score (nSPS) is 11.2. The Morgan fingerprint density at radius 1 is 0.950 bits per heavy atom. The van der Waals surface area contributed by atoms with Crippen molar-refractivity contribution >= 4 is 5.71 Å². The molecular weight excluding hydrogens is 254 g/mol. The van der Waals surface area contributed by atoms with Gasteiger partial charge in [-0.15, -0.1) is 0 Å². The molecule has 0 fully saturated rings. The first-order chi connectivity index (χ1) is 9.80. The fourth-order valence-corrected chi connectivity index (χ4v) is 2.10. The Morgan fingerprint density at radius 2 is 1.55 bits per heavy atom. The van der Waals surface area contributed by atoms with Crippen LogP contribution in [-0.2, 0) is 6.42 Å². The molecule has 0 saturated heterocycles. The van der Waals surface area contributed by atoms with E-state index in [0.29, 0.717) is 17.9 Å². The van der Waals surface area contributed by atoms with Gasteiger partial charge in [0.2, 0.25) is 0 Å². The van der Waals surface area contributed by atoms with Crippen molar-refractivity contribution in [1.82, 2.24) is 0 Å². The van der Waals surface area contributed by atoms with E-state index in [4.69, 9.17) is 9.47 Å². The predicted molar refractivity (Wildman–Crippen MR) is 78.0 cm³/mol. The minimum absolute atomic E-state index is 0.459. The van der Waals surface area contributed by atoms with Crippen LogP contribution in [0.4, 0.5) is 0 Å². The molecule has 104 valence electrons. The van der Waals surface area contributed by atoms with Gasteiger partial charge in [-0.1, -0.05) is 35.5 Å². The second kappa shape index (κ2) is 6.61.